The van der Waals surface area contributed by atoms with Crippen LogP contribution in [0.5, 0.6) is 0 Å². The second kappa shape index (κ2) is 8.11. The fraction of sp³-hybridized carbons (Fsp3) is 0.190. The van der Waals surface area contributed by atoms with Crippen molar-refractivity contribution >= 4 is 33.1 Å². The van der Waals surface area contributed by atoms with E-state index in [1.54, 1.807) is 51.2 Å². The monoisotopic (exact) mass is 426 g/mol. The summed E-state index contributed by atoms with van der Waals surface area (Å²) < 4.78 is 28.6. The normalized spacial score (nSPS) is 11.2. The fourth-order valence-corrected chi connectivity index (χ4v) is 4.31. The van der Waals surface area contributed by atoms with E-state index < -0.39 is 21.7 Å². The van der Waals surface area contributed by atoms with E-state index in [0.29, 0.717) is 17.1 Å². The summed E-state index contributed by atoms with van der Waals surface area (Å²) in [5.74, 6) is -1.59. The third-order valence-corrected chi connectivity index (χ3v) is 6.59. The van der Waals surface area contributed by atoms with Gasteiger partial charge in [-0.15, -0.1) is 0 Å². The van der Waals surface area contributed by atoms with Crippen LogP contribution in [0.25, 0.3) is 0 Å². The number of nitrogens with zero attached hydrogens (tertiary/aromatic N) is 3. The first-order chi connectivity index (χ1) is 14.1. The van der Waals surface area contributed by atoms with Crippen LogP contribution in [0.1, 0.15) is 21.7 Å². The zero-order chi connectivity index (χ0) is 22.1. The van der Waals surface area contributed by atoms with E-state index in [1.807, 2.05) is 0 Å². The first-order valence-corrected chi connectivity index (χ1v) is 10.6. The van der Waals surface area contributed by atoms with Crippen molar-refractivity contribution in [2.75, 3.05) is 16.7 Å². The summed E-state index contributed by atoms with van der Waals surface area (Å²) in [5.41, 5.74) is 1.98. The minimum absolute atomic E-state index is 0.00663. The number of carbonyl (C=O) groups excluding carboxylic acids is 2. The average Bonchev–Trinajstić information content (AvgIpc) is 2.99. The predicted molar refractivity (Wildman–Crippen MR) is 114 cm³/mol. The van der Waals surface area contributed by atoms with Gasteiger partial charge in [-0.3, -0.25) is 18.6 Å². The first-order valence-electron chi connectivity index (χ1n) is 9.13. The Balaban J connectivity index is 1.85. The Morgan fingerprint density at radius 2 is 1.70 bits per heavy atom. The van der Waals surface area contributed by atoms with E-state index >= 15 is 0 Å². The van der Waals surface area contributed by atoms with Crippen LogP contribution < -0.4 is 9.62 Å². The second-order valence-corrected chi connectivity index (χ2v) is 8.76. The van der Waals surface area contributed by atoms with Crippen LogP contribution in [0.4, 0.5) is 11.4 Å². The molecule has 0 aliphatic carbocycles. The average molecular weight is 426 g/mol. The summed E-state index contributed by atoms with van der Waals surface area (Å²) in [5, 5.41) is 6.63. The van der Waals surface area contributed by atoms with Crippen LogP contribution in [-0.4, -0.2) is 36.9 Å². The third-order valence-electron chi connectivity index (χ3n) is 4.81. The molecule has 3 aromatic rings. The number of amides is 1. The van der Waals surface area contributed by atoms with Crippen LogP contribution in [0.2, 0.25) is 0 Å². The number of Topliss-reactive ketones (excluding diaryl/α,β-unsaturated/α-hetero) is 1. The van der Waals surface area contributed by atoms with Crippen LogP contribution in [-0.2, 0) is 21.9 Å². The molecule has 0 radical (unpaired) electrons. The molecule has 1 N–H and O–H groups in total. The van der Waals surface area contributed by atoms with Gasteiger partial charge in [0.05, 0.1) is 21.8 Å². The number of para-hydroxylation sites is 1. The molecule has 0 aliphatic heterocycles. The molecule has 3 rings (SSSR count). The molecule has 8 nitrogen and oxygen atoms in total. The van der Waals surface area contributed by atoms with Gasteiger partial charge in [-0.25, -0.2) is 8.42 Å². The maximum Gasteiger partial charge on any atom is 0.296 e. The van der Waals surface area contributed by atoms with E-state index in [2.05, 4.69) is 10.4 Å². The largest absolute Gasteiger partial charge is 0.319 e. The molecule has 0 fully saturated rings. The summed E-state index contributed by atoms with van der Waals surface area (Å²) >= 11 is 0. The Morgan fingerprint density at radius 3 is 2.30 bits per heavy atom. The van der Waals surface area contributed by atoms with Crippen LogP contribution in [0.3, 0.4) is 0 Å². The number of rotatable bonds is 6. The molecule has 156 valence electrons. The number of aromatic nitrogens is 2. The summed E-state index contributed by atoms with van der Waals surface area (Å²) in [6.45, 7) is 3.35. The Bertz CT molecular complexity index is 1220. The van der Waals surface area contributed by atoms with Gasteiger partial charge in [0, 0.05) is 25.5 Å². The third kappa shape index (κ3) is 3.97. The van der Waals surface area contributed by atoms with Crippen molar-refractivity contribution in [3.63, 3.8) is 0 Å². The van der Waals surface area contributed by atoms with Gasteiger partial charge in [0.15, 0.2) is 0 Å². The minimum Gasteiger partial charge on any atom is -0.319 e. The van der Waals surface area contributed by atoms with E-state index in [9.17, 15) is 18.0 Å². The Kier molecular flexibility index (Phi) is 5.75. The van der Waals surface area contributed by atoms with Crippen LogP contribution in [0, 0.1) is 13.8 Å². The number of nitrogens with one attached hydrogen (secondary N) is 1. The molecule has 0 atom stereocenters. The summed E-state index contributed by atoms with van der Waals surface area (Å²) in [6.07, 6.45) is 0. The van der Waals surface area contributed by atoms with Gasteiger partial charge < -0.3 is 5.32 Å². The molecular formula is C21H22N4O4S. The van der Waals surface area contributed by atoms with Gasteiger partial charge in [-0.2, -0.15) is 5.10 Å². The van der Waals surface area contributed by atoms with E-state index in [-0.39, 0.29) is 16.1 Å². The molecule has 0 unspecified atom stereocenters. The number of anilines is 2. The van der Waals surface area contributed by atoms with E-state index in [4.69, 9.17) is 0 Å². The molecule has 9 heteroatoms. The molecule has 0 saturated heterocycles. The van der Waals surface area contributed by atoms with Gasteiger partial charge in [0.25, 0.3) is 21.7 Å². The standard InChI is InChI=1S/C21H22N4O4S/c1-14-19(15(2)24(3)23-14)20(26)21(27)22-16-9-8-12-18(13-16)30(28,29)25(4)17-10-6-5-7-11-17/h5-13H,1-4H3,(H,22,27). The van der Waals surface area contributed by atoms with Gasteiger partial charge in [0.2, 0.25) is 0 Å². The zero-order valence-corrected chi connectivity index (χ0v) is 17.9. The number of sulfonamides is 1. The Morgan fingerprint density at radius 1 is 1.03 bits per heavy atom. The highest BCUT2D eigenvalue weighted by atomic mass is 32.2. The smallest absolute Gasteiger partial charge is 0.296 e. The maximum atomic E-state index is 13.0. The number of benzene rings is 2. The van der Waals surface area contributed by atoms with E-state index in [1.165, 1.54) is 36.0 Å². The molecule has 1 aromatic heterocycles. The predicted octanol–water partition coefficient (Wildman–Crippen LogP) is 2.68. The zero-order valence-electron chi connectivity index (χ0n) is 17.1. The molecule has 0 spiro atoms. The van der Waals surface area contributed by atoms with Crippen LogP contribution >= 0.6 is 0 Å². The van der Waals surface area contributed by atoms with Crippen molar-refractivity contribution in [3.8, 4) is 0 Å². The molecular weight excluding hydrogens is 404 g/mol. The lowest BCUT2D eigenvalue weighted by Gasteiger charge is -2.19. The van der Waals surface area contributed by atoms with Crippen molar-refractivity contribution in [1.82, 2.24) is 9.78 Å². The fourth-order valence-electron chi connectivity index (χ4n) is 3.07. The SMILES string of the molecule is Cc1nn(C)c(C)c1C(=O)C(=O)Nc1cccc(S(=O)(=O)N(C)c2ccccc2)c1. The number of carbonyl (C=O) groups is 2. The quantitative estimate of drug-likeness (QED) is 0.482. The van der Waals surface area contributed by atoms with E-state index in [0.717, 1.165) is 4.31 Å². The Hall–Kier alpha value is -3.46. The van der Waals surface area contributed by atoms with Crippen molar-refractivity contribution in [2.45, 2.75) is 18.7 Å². The topological polar surface area (TPSA) is 101 Å². The lowest BCUT2D eigenvalue weighted by Crippen LogP contribution is -2.27. The van der Waals surface area contributed by atoms with Gasteiger partial charge in [0.1, 0.15) is 0 Å². The highest BCUT2D eigenvalue weighted by Gasteiger charge is 2.25. The molecule has 0 saturated carbocycles. The number of hydrogen-bond donors (Lipinski definition) is 1. The summed E-state index contributed by atoms with van der Waals surface area (Å²) in [4.78, 5) is 25.1. The molecule has 0 aliphatic rings. The molecule has 2 aromatic carbocycles. The van der Waals surface area contributed by atoms with Gasteiger partial charge in [-0.05, 0) is 44.2 Å². The molecule has 30 heavy (non-hydrogen) atoms. The lowest BCUT2D eigenvalue weighted by molar-refractivity contribution is -0.112. The maximum absolute atomic E-state index is 13.0. The Labute approximate surface area is 175 Å². The number of ketones is 1. The molecule has 1 heterocycles. The summed E-state index contributed by atoms with van der Waals surface area (Å²) in [6, 6.07) is 14.4. The van der Waals surface area contributed by atoms with Crippen molar-refractivity contribution < 1.29 is 18.0 Å². The number of hydrogen-bond acceptors (Lipinski definition) is 5. The summed E-state index contributed by atoms with van der Waals surface area (Å²) in [7, 11) is -0.708. The highest BCUT2D eigenvalue weighted by Crippen LogP contribution is 2.24. The van der Waals surface area contributed by atoms with Gasteiger partial charge >= 0.3 is 0 Å². The minimum atomic E-state index is -3.85. The second-order valence-electron chi connectivity index (χ2n) is 6.79. The lowest BCUT2D eigenvalue weighted by atomic mass is 10.1. The van der Waals surface area contributed by atoms with Crippen LogP contribution in [0.15, 0.2) is 59.5 Å². The van der Waals surface area contributed by atoms with Crippen molar-refractivity contribution in [1.29, 1.82) is 0 Å². The van der Waals surface area contributed by atoms with Crippen molar-refractivity contribution in [3.05, 3.63) is 71.5 Å². The highest BCUT2D eigenvalue weighted by molar-refractivity contribution is 7.92. The van der Waals surface area contributed by atoms with Gasteiger partial charge in [-0.1, -0.05) is 24.3 Å². The number of aryl methyl sites for hydroxylation is 2. The molecule has 0 bridgehead atoms. The molecule has 1 amide bonds. The van der Waals surface area contributed by atoms with Crippen molar-refractivity contribution in [2.24, 2.45) is 7.05 Å². The first kappa shape index (κ1) is 21.3.